The number of allylic oxidation sites excluding steroid dienone is 1. The Morgan fingerprint density at radius 3 is 2.40 bits per heavy atom. The van der Waals surface area contributed by atoms with Gasteiger partial charge in [0.15, 0.2) is 0 Å². The van der Waals surface area contributed by atoms with Gasteiger partial charge in [0.25, 0.3) is 0 Å². The molecule has 3 heteroatoms. The van der Waals surface area contributed by atoms with Gasteiger partial charge in [0.2, 0.25) is 0 Å². The molecule has 0 fully saturated rings. The van der Waals surface area contributed by atoms with Gasteiger partial charge in [-0.15, -0.1) is 0 Å². The molecule has 0 aromatic heterocycles. The highest BCUT2D eigenvalue weighted by Gasteiger charge is 2.12. The van der Waals surface area contributed by atoms with Gasteiger partial charge in [-0.1, -0.05) is 42.5 Å². The lowest BCUT2D eigenvalue weighted by Gasteiger charge is -2.12. The van der Waals surface area contributed by atoms with Crippen LogP contribution in [0, 0.1) is 11.3 Å². The van der Waals surface area contributed by atoms with Gasteiger partial charge < -0.3 is 10.5 Å². The van der Waals surface area contributed by atoms with Gasteiger partial charge >= 0.3 is 0 Å². The monoisotopic (exact) mass is 264 g/mol. The van der Waals surface area contributed by atoms with Crippen molar-refractivity contribution in [3.8, 4) is 11.8 Å². The van der Waals surface area contributed by atoms with E-state index in [-0.39, 0.29) is 0 Å². The van der Waals surface area contributed by atoms with Crippen LogP contribution in [0.3, 0.4) is 0 Å². The van der Waals surface area contributed by atoms with Gasteiger partial charge in [-0.25, -0.2) is 0 Å². The predicted octanol–water partition coefficient (Wildman–Crippen LogP) is 3.44. The first-order chi connectivity index (χ1) is 9.77. The third-order valence-corrected chi connectivity index (χ3v) is 2.92. The molecule has 2 aromatic carbocycles. The Morgan fingerprint density at radius 2 is 1.75 bits per heavy atom. The van der Waals surface area contributed by atoms with Crippen molar-refractivity contribution in [2.45, 2.75) is 6.92 Å². The minimum Gasteiger partial charge on any atom is -0.493 e. The molecule has 0 unspecified atom stereocenters. The van der Waals surface area contributed by atoms with E-state index in [0.717, 1.165) is 11.1 Å². The molecular formula is C17H16N2O. The summed E-state index contributed by atoms with van der Waals surface area (Å²) >= 11 is 0. The minimum atomic E-state index is 0.433. The largest absolute Gasteiger partial charge is 0.493 e. The fourth-order valence-electron chi connectivity index (χ4n) is 1.99. The third kappa shape index (κ3) is 2.81. The van der Waals surface area contributed by atoms with E-state index in [0.29, 0.717) is 23.6 Å². The number of nitriles is 1. The molecule has 2 aromatic rings. The van der Waals surface area contributed by atoms with Gasteiger partial charge in [-0.05, 0) is 24.6 Å². The number of hydrogen-bond donors (Lipinski definition) is 1. The molecule has 0 spiro atoms. The van der Waals surface area contributed by atoms with Crippen LogP contribution in [0.1, 0.15) is 18.1 Å². The van der Waals surface area contributed by atoms with Crippen LogP contribution in [-0.4, -0.2) is 6.61 Å². The summed E-state index contributed by atoms with van der Waals surface area (Å²) in [5.41, 5.74) is 8.63. The summed E-state index contributed by atoms with van der Waals surface area (Å²) in [4.78, 5) is 0. The number of nitrogens with zero attached hydrogens (tertiary/aromatic N) is 1. The van der Waals surface area contributed by atoms with Crippen molar-refractivity contribution in [2.24, 2.45) is 5.73 Å². The maximum absolute atomic E-state index is 9.40. The zero-order valence-electron chi connectivity index (χ0n) is 11.3. The summed E-state index contributed by atoms with van der Waals surface area (Å²) in [5, 5.41) is 9.40. The van der Waals surface area contributed by atoms with E-state index in [1.165, 1.54) is 0 Å². The third-order valence-electron chi connectivity index (χ3n) is 2.92. The van der Waals surface area contributed by atoms with E-state index in [2.05, 4.69) is 6.07 Å². The zero-order valence-corrected chi connectivity index (χ0v) is 11.3. The Kier molecular flexibility index (Phi) is 4.41. The van der Waals surface area contributed by atoms with Crippen molar-refractivity contribution in [1.29, 1.82) is 5.26 Å². The molecule has 3 nitrogen and oxygen atoms in total. The molecule has 0 radical (unpaired) electrons. The zero-order chi connectivity index (χ0) is 14.4. The SMILES string of the molecule is CCOc1ccccc1/C(N)=C(/C#N)c1ccccc1. The topological polar surface area (TPSA) is 59.0 Å². The first-order valence-corrected chi connectivity index (χ1v) is 6.45. The van der Waals surface area contributed by atoms with Crippen molar-refractivity contribution in [3.63, 3.8) is 0 Å². The molecule has 0 aliphatic heterocycles. The lowest BCUT2D eigenvalue weighted by molar-refractivity contribution is 0.339. The molecule has 0 amide bonds. The smallest absolute Gasteiger partial charge is 0.128 e. The van der Waals surface area contributed by atoms with Gasteiger partial charge in [-0.3, -0.25) is 0 Å². The highest BCUT2D eigenvalue weighted by Crippen LogP contribution is 2.28. The Hall–Kier alpha value is -2.73. The average molecular weight is 264 g/mol. The molecule has 100 valence electrons. The Morgan fingerprint density at radius 1 is 1.10 bits per heavy atom. The quantitative estimate of drug-likeness (QED) is 0.679. The average Bonchev–Trinajstić information content (AvgIpc) is 2.50. The number of ether oxygens (including phenoxy) is 1. The van der Waals surface area contributed by atoms with Crippen LogP contribution in [0.15, 0.2) is 54.6 Å². The Labute approximate surface area is 118 Å². The van der Waals surface area contributed by atoms with Crippen LogP contribution in [0.4, 0.5) is 0 Å². The normalized spacial score (nSPS) is 11.4. The fourth-order valence-corrected chi connectivity index (χ4v) is 1.99. The Bertz CT molecular complexity index is 654. The highest BCUT2D eigenvalue weighted by atomic mass is 16.5. The maximum Gasteiger partial charge on any atom is 0.128 e. The van der Waals surface area contributed by atoms with Crippen LogP contribution in [-0.2, 0) is 0 Å². The van der Waals surface area contributed by atoms with Gasteiger partial charge in [0, 0.05) is 5.56 Å². The summed E-state index contributed by atoms with van der Waals surface area (Å²) in [6.45, 7) is 2.47. The second-order valence-electron chi connectivity index (χ2n) is 4.20. The van der Waals surface area contributed by atoms with E-state index >= 15 is 0 Å². The van der Waals surface area contributed by atoms with Crippen LogP contribution in [0.25, 0.3) is 11.3 Å². The summed E-state index contributed by atoms with van der Waals surface area (Å²) in [6, 6.07) is 19.1. The number of para-hydroxylation sites is 1. The molecule has 0 heterocycles. The molecule has 0 aliphatic carbocycles. The van der Waals surface area contributed by atoms with E-state index < -0.39 is 0 Å². The van der Waals surface area contributed by atoms with E-state index in [1.54, 1.807) is 0 Å². The van der Waals surface area contributed by atoms with E-state index in [1.807, 2.05) is 61.5 Å². The molecule has 0 saturated heterocycles. The minimum absolute atomic E-state index is 0.433. The lowest BCUT2D eigenvalue weighted by atomic mass is 10.0. The first kappa shape index (κ1) is 13.7. The van der Waals surface area contributed by atoms with Gasteiger partial charge in [-0.2, -0.15) is 5.26 Å². The standard InChI is InChI=1S/C17H16N2O/c1-2-20-16-11-7-6-10-14(16)17(19)15(12-18)13-8-4-3-5-9-13/h3-11H,2,19H2,1H3/b17-15+. The number of hydrogen-bond acceptors (Lipinski definition) is 3. The van der Waals surface area contributed by atoms with Gasteiger partial charge in [0.1, 0.15) is 11.8 Å². The second-order valence-corrected chi connectivity index (χ2v) is 4.20. The summed E-state index contributed by atoms with van der Waals surface area (Å²) in [6.07, 6.45) is 0. The fraction of sp³-hybridized carbons (Fsp3) is 0.118. The number of rotatable bonds is 4. The summed E-state index contributed by atoms with van der Waals surface area (Å²) in [5.74, 6) is 0.691. The van der Waals surface area contributed by atoms with Crippen LogP contribution in [0.5, 0.6) is 5.75 Å². The molecule has 20 heavy (non-hydrogen) atoms. The molecular weight excluding hydrogens is 248 g/mol. The predicted molar refractivity (Wildman–Crippen MR) is 80.7 cm³/mol. The van der Waals surface area contributed by atoms with Crippen LogP contribution in [0.2, 0.25) is 0 Å². The molecule has 0 bridgehead atoms. The number of nitrogens with two attached hydrogens (primary N) is 1. The number of benzene rings is 2. The maximum atomic E-state index is 9.40. The lowest BCUT2D eigenvalue weighted by Crippen LogP contribution is -2.04. The van der Waals surface area contributed by atoms with Gasteiger partial charge in [0.05, 0.1) is 17.9 Å². The highest BCUT2D eigenvalue weighted by molar-refractivity contribution is 5.97. The van der Waals surface area contributed by atoms with Crippen molar-refractivity contribution in [2.75, 3.05) is 6.61 Å². The first-order valence-electron chi connectivity index (χ1n) is 6.45. The second kappa shape index (κ2) is 6.44. The Balaban J connectivity index is 2.55. The summed E-state index contributed by atoms with van der Waals surface area (Å²) in [7, 11) is 0. The van der Waals surface area contributed by atoms with Crippen LogP contribution >= 0.6 is 0 Å². The van der Waals surface area contributed by atoms with Crippen LogP contribution < -0.4 is 10.5 Å². The summed E-state index contributed by atoms with van der Waals surface area (Å²) < 4.78 is 5.57. The van der Waals surface area contributed by atoms with Crippen molar-refractivity contribution in [1.82, 2.24) is 0 Å². The molecule has 0 aliphatic rings. The molecule has 2 N–H and O–H groups in total. The molecule has 0 atom stereocenters. The van der Waals surface area contributed by atoms with Crippen molar-refractivity contribution in [3.05, 3.63) is 65.7 Å². The van der Waals surface area contributed by atoms with E-state index in [9.17, 15) is 5.26 Å². The molecule has 0 saturated carbocycles. The van der Waals surface area contributed by atoms with Crippen molar-refractivity contribution >= 4 is 11.3 Å². The van der Waals surface area contributed by atoms with Crippen molar-refractivity contribution < 1.29 is 4.74 Å². The molecule has 2 rings (SSSR count). The van der Waals surface area contributed by atoms with E-state index in [4.69, 9.17) is 10.5 Å².